The largest absolute Gasteiger partial charge is 0.228 e. The van der Waals surface area contributed by atoms with Gasteiger partial charge in [0.25, 0.3) is 0 Å². The zero-order valence-electron chi connectivity index (χ0n) is 33.0. The Morgan fingerprint density at radius 2 is 0.847 bits per heavy atom. The van der Waals surface area contributed by atoms with E-state index < -0.39 is 0 Å². The molecule has 2 nitrogen and oxygen atoms in total. The topological polar surface area (TPSA) is 25.8 Å². The van der Waals surface area contributed by atoms with Crippen molar-refractivity contribution in [3.8, 4) is 78.4 Å². The number of hydrogen-bond acceptors (Lipinski definition) is 2. The number of hydrogen-bond donors (Lipinski definition) is 0. The molecule has 1 aliphatic carbocycles. The van der Waals surface area contributed by atoms with Crippen molar-refractivity contribution in [1.29, 1.82) is 0 Å². The van der Waals surface area contributed by atoms with Gasteiger partial charge >= 0.3 is 0 Å². The van der Waals surface area contributed by atoms with E-state index in [2.05, 4.69) is 214 Å². The number of fused-ring (bicyclic) bond motifs is 6. The molecule has 9 aromatic carbocycles. The highest BCUT2D eigenvalue weighted by molar-refractivity contribution is 6.05. The summed E-state index contributed by atoms with van der Waals surface area (Å²) in [4.78, 5) is 10.6. The maximum Gasteiger partial charge on any atom is 0.161 e. The Labute approximate surface area is 345 Å². The van der Waals surface area contributed by atoms with Crippen LogP contribution in [0.2, 0.25) is 0 Å². The summed E-state index contributed by atoms with van der Waals surface area (Å²) in [5.41, 5.74) is 17.4. The van der Waals surface area contributed by atoms with Crippen LogP contribution in [0.4, 0.5) is 0 Å². The molecule has 0 aliphatic heterocycles. The van der Waals surface area contributed by atoms with E-state index in [1.165, 1.54) is 60.7 Å². The zero-order valence-corrected chi connectivity index (χ0v) is 33.0. The summed E-state index contributed by atoms with van der Waals surface area (Å²) in [7, 11) is 0. The normalized spacial score (nSPS) is 12.7. The average Bonchev–Trinajstić information content (AvgIpc) is 3.54. The molecule has 11 rings (SSSR count). The van der Waals surface area contributed by atoms with E-state index >= 15 is 0 Å². The van der Waals surface area contributed by atoms with Gasteiger partial charge in [-0.3, -0.25) is 0 Å². The monoisotopic (exact) mass is 752 g/mol. The van der Waals surface area contributed by atoms with Crippen molar-refractivity contribution in [3.63, 3.8) is 0 Å². The summed E-state index contributed by atoms with van der Waals surface area (Å²) in [6.07, 6.45) is 0. The number of benzene rings is 9. The minimum absolute atomic E-state index is 0.0959. The van der Waals surface area contributed by atoms with Crippen molar-refractivity contribution in [3.05, 3.63) is 217 Å². The Morgan fingerprint density at radius 1 is 0.322 bits per heavy atom. The highest BCUT2D eigenvalue weighted by Crippen LogP contribution is 2.52. The second-order valence-electron chi connectivity index (χ2n) is 16.2. The second-order valence-corrected chi connectivity index (χ2v) is 16.2. The molecule has 0 saturated heterocycles. The second kappa shape index (κ2) is 13.9. The van der Waals surface area contributed by atoms with E-state index in [9.17, 15) is 0 Å². The summed E-state index contributed by atoms with van der Waals surface area (Å²) >= 11 is 0. The van der Waals surface area contributed by atoms with Crippen LogP contribution in [0.1, 0.15) is 25.0 Å². The molecule has 1 aliphatic rings. The van der Waals surface area contributed by atoms with Crippen LogP contribution >= 0.6 is 0 Å². The van der Waals surface area contributed by atoms with Crippen molar-refractivity contribution in [2.75, 3.05) is 0 Å². The van der Waals surface area contributed by atoms with Crippen LogP contribution in [0.3, 0.4) is 0 Å². The molecule has 0 spiro atoms. The fraction of sp³-hybridized carbons (Fsp3) is 0.0526. The predicted molar refractivity (Wildman–Crippen MR) is 247 cm³/mol. The van der Waals surface area contributed by atoms with E-state index in [1.54, 1.807) is 0 Å². The first-order valence-corrected chi connectivity index (χ1v) is 20.4. The van der Waals surface area contributed by atoms with Gasteiger partial charge in [0.05, 0.1) is 11.4 Å². The molecule has 0 unspecified atom stereocenters. The maximum atomic E-state index is 5.34. The molecule has 2 heteroatoms. The molecule has 278 valence electrons. The standard InChI is InChI=1S/C57H40N2/c1-57(2)52-33-29-43(35-51(52)49-30-28-40-16-9-10-21-46(40)55(49)57)45-31-32-50(48-23-12-11-22-47(45)48)56-58-53(41-17-7-4-8-18-41)36-54(59-56)44-20-13-19-42(34-44)39-26-24-38(25-27-39)37-14-5-3-6-15-37/h3-36H,1-2H3. The molecule has 0 radical (unpaired) electrons. The Balaban J connectivity index is 1.02. The van der Waals surface area contributed by atoms with Gasteiger partial charge in [0.1, 0.15) is 0 Å². The molecule has 1 heterocycles. The van der Waals surface area contributed by atoms with Crippen LogP contribution in [0.5, 0.6) is 0 Å². The maximum absolute atomic E-state index is 5.34. The fourth-order valence-corrected chi connectivity index (χ4v) is 9.35. The molecule has 0 fully saturated rings. The Hall–Kier alpha value is -7.42. The van der Waals surface area contributed by atoms with Gasteiger partial charge in [-0.15, -0.1) is 0 Å². The van der Waals surface area contributed by atoms with Gasteiger partial charge in [-0.05, 0) is 101 Å². The quantitative estimate of drug-likeness (QED) is 0.169. The van der Waals surface area contributed by atoms with E-state index in [-0.39, 0.29) is 5.41 Å². The third-order valence-corrected chi connectivity index (χ3v) is 12.3. The molecule has 0 atom stereocenters. The first-order valence-electron chi connectivity index (χ1n) is 20.4. The fourth-order valence-electron chi connectivity index (χ4n) is 9.35. The lowest BCUT2D eigenvalue weighted by Crippen LogP contribution is -2.15. The van der Waals surface area contributed by atoms with Crippen LogP contribution in [-0.2, 0) is 5.41 Å². The summed E-state index contributed by atoms with van der Waals surface area (Å²) in [5, 5.41) is 4.93. The van der Waals surface area contributed by atoms with Gasteiger partial charge in [-0.1, -0.05) is 196 Å². The third-order valence-electron chi connectivity index (χ3n) is 12.3. The lowest BCUT2D eigenvalue weighted by atomic mass is 9.80. The molecular formula is C57H40N2. The van der Waals surface area contributed by atoms with E-state index in [4.69, 9.17) is 9.97 Å². The van der Waals surface area contributed by atoms with Gasteiger partial charge in [0.15, 0.2) is 5.82 Å². The number of aromatic nitrogens is 2. The highest BCUT2D eigenvalue weighted by atomic mass is 14.9. The lowest BCUT2D eigenvalue weighted by Gasteiger charge is -2.23. The molecular weight excluding hydrogens is 713 g/mol. The molecule has 0 amide bonds. The minimum atomic E-state index is -0.0959. The van der Waals surface area contributed by atoms with Crippen LogP contribution in [-0.4, -0.2) is 9.97 Å². The third kappa shape index (κ3) is 5.96. The highest BCUT2D eigenvalue weighted by Gasteiger charge is 2.37. The summed E-state index contributed by atoms with van der Waals surface area (Å²) < 4.78 is 0. The molecule has 1 aromatic heterocycles. The number of nitrogens with zero attached hydrogens (tertiary/aromatic N) is 2. The number of rotatable bonds is 6. The smallest absolute Gasteiger partial charge is 0.161 e. The first kappa shape index (κ1) is 34.8. The summed E-state index contributed by atoms with van der Waals surface area (Å²) in [5.74, 6) is 0.707. The molecule has 0 N–H and O–H groups in total. The van der Waals surface area contributed by atoms with Gasteiger partial charge in [0.2, 0.25) is 0 Å². The van der Waals surface area contributed by atoms with Crippen LogP contribution in [0.25, 0.3) is 100.0 Å². The average molecular weight is 753 g/mol. The van der Waals surface area contributed by atoms with Gasteiger partial charge in [-0.2, -0.15) is 0 Å². The van der Waals surface area contributed by atoms with Gasteiger partial charge in [0, 0.05) is 22.1 Å². The van der Waals surface area contributed by atoms with Crippen LogP contribution in [0.15, 0.2) is 206 Å². The van der Waals surface area contributed by atoms with E-state index in [0.717, 1.165) is 44.6 Å². The van der Waals surface area contributed by atoms with Crippen molar-refractivity contribution in [1.82, 2.24) is 9.97 Å². The Bertz CT molecular complexity index is 3220. The molecule has 59 heavy (non-hydrogen) atoms. The Morgan fingerprint density at radius 3 is 1.59 bits per heavy atom. The van der Waals surface area contributed by atoms with E-state index in [1.807, 2.05) is 6.07 Å². The van der Waals surface area contributed by atoms with Crippen molar-refractivity contribution in [2.45, 2.75) is 19.3 Å². The Kier molecular flexibility index (Phi) is 8.20. The minimum Gasteiger partial charge on any atom is -0.228 e. The molecule has 10 aromatic rings. The molecule has 0 bridgehead atoms. The lowest BCUT2D eigenvalue weighted by molar-refractivity contribution is 0.666. The summed E-state index contributed by atoms with van der Waals surface area (Å²) in [6, 6.07) is 74.2. The van der Waals surface area contributed by atoms with Crippen LogP contribution in [0, 0.1) is 0 Å². The summed E-state index contributed by atoms with van der Waals surface area (Å²) in [6.45, 7) is 4.73. The van der Waals surface area contributed by atoms with Gasteiger partial charge in [-0.25, -0.2) is 9.97 Å². The van der Waals surface area contributed by atoms with Crippen molar-refractivity contribution >= 4 is 21.5 Å². The van der Waals surface area contributed by atoms with Crippen molar-refractivity contribution in [2.24, 2.45) is 0 Å². The first-order chi connectivity index (χ1) is 29.0. The SMILES string of the molecule is CC1(C)c2ccc(-c3ccc(-c4nc(-c5ccccc5)cc(-c5cccc(-c6ccc(-c7ccccc7)cc6)c5)n4)c4ccccc34)cc2-c2ccc3ccccc3c21. The zero-order chi connectivity index (χ0) is 39.5. The van der Waals surface area contributed by atoms with Crippen LogP contribution < -0.4 is 0 Å². The van der Waals surface area contributed by atoms with Gasteiger partial charge < -0.3 is 0 Å². The predicted octanol–water partition coefficient (Wildman–Crippen LogP) is 15.1. The van der Waals surface area contributed by atoms with E-state index in [0.29, 0.717) is 5.82 Å². The van der Waals surface area contributed by atoms with Crippen molar-refractivity contribution < 1.29 is 0 Å². The molecule has 0 saturated carbocycles.